The smallest absolute Gasteiger partial charge is 0.354 e. The second-order valence-corrected chi connectivity index (χ2v) is 5.01. The molecule has 0 atom stereocenters. The molecule has 0 saturated carbocycles. The highest BCUT2D eigenvalue weighted by Gasteiger charge is 2.17. The minimum absolute atomic E-state index is 0.0208. The number of aromatic carboxylic acids is 1. The molecule has 0 amide bonds. The first-order chi connectivity index (χ1) is 10.7. The number of ether oxygens (including phenoxy) is 1. The van der Waals surface area contributed by atoms with E-state index in [0.717, 1.165) is 31.7 Å². The Balaban J connectivity index is 1.80. The molecule has 0 radical (unpaired) electrons. The topological polar surface area (TPSA) is 90.1 Å². The molecule has 3 rings (SSSR count). The van der Waals surface area contributed by atoms with Gasteiger partial charge < -0.3 is 9.84 Å². The zero-order chi connectivity index (χ0) is 15.4. The molecule has 1 aliphatic heterocycles. The van der Waals surface area contributed by atoms with Gasteiger partial charge in [-0.05, 0) is 37.1 Å². The van der Waals surface area contributed by atoms with Crippen LogP contribution in [-0.2, 0) is 4.74 Å². The van der Waals surface area contributed by atoms with Crippen LogP contribution >= 0.6 is 0 Å². The Labute approximate surface area is 127 Å². The van der Waals surface area contributed by atoms with Crippen molar-refractivity contribution in [2.75, 3.05) is 13.2 Å². The molecular weight excluding hydrogens is 284 g/mol. The first-order valence-corrected chi connectivity index (χ1v) is 7.09. The predicted molar refractivity (Wildman–Crippen MR) is 79.2 cm³/mol. The van der Waals surface area contributed by atoms with Crippen LogP contribution in [0, 0.1) is 0 Å². The lowest BCUT2D eigenvalue weighted by atomic mass is 10.1. The minimum Gasteiger partial charge on any atom is -0.477 e. The summed E-state index contributed by atoms with van der Waals surface area (Å²) in [6.45, 7) is 1.50. The molecule has 0 aromatic carbocycles. The standard InChI is InChI=1S/C15H16N4O3/c20-15(21)14-9-11(16-10-17-14)1-2-12-3-6-18-19(12)13-4-7-22-8-5-13/h1-3,6,9-10,13H,4-5,7-8H2,(H,20,21)/b2-1+. The van der Waals surface area contributed by atoms with Crippen LogP contribution in [0.15, 0.2) is 24.7 Å². The van der Waals surface area contributed by atoms with Crippen molar-refractivity contribution >= 4 is 18.1 Å². The molecule has 1 saturated heterocycles. The Hall–Kier alpha value is -2.54. The van der Waals surface area contributed by atoms with Crippen molar-refractivity contribution in [3.63, 3.8) is 0 Å². The maximum Gasteiger partial charge on any atom is 0.354 e. The molecule has 0 bridgehead atoms. The van der Waals surface area contributed by atoms with Crippen molar-refractivity contribution in [1.82, 2.24) is 19.7 Å². The van der Waals surface area contributed by atoms with Crippen molar-refractivity contribution in [2.24, 2.45) is 0 Å². The summed E-state index contributed by atoms with van der Waals surface area (Å²) >= 11 is 0. The van der Waals surface area contributed by atoms with Crippen molar-refractivity contribution in [1.29, 1.82) is 0 Å². The van der Waals surface area contributed by atoms with Crippen molar-refractivity contribution in [2.45, 2.75) is 18.9 Å². The fourth-order valence-corrected chi connectivity index (χ4v) is 2.44. The first kappa shape index (κ1) is 14.4. The molecule has 3 heterocycles. The number of rotatable bonds is 4. The van der Waals surface area contributed by atoms with Crippen LogP contribution in [-0.4, -0.2) is 44.0 Å². The van der Waals surface area contributed by atoms with Crippen LogP contribution in [0.5, 0.6) is 0 Å². The molecule has 0 aliphatic carbocycles. The summed E-state index contributed by atoms with van der Waals surface area (Å²) in [6, 6.07) is 3.70. The van der Waals surface area contributed by atoms with E-state index in [-0.39, 0.29) is 5.69 Å². The number of nitrogens with zero attached hydrogens (tertiary/aromatic N) is 4. The van der Waals surface area contributed by atoms with Gasteiger partial charge in [-0.15, -0.1) is 0 Å². The van der Waals surface area contributed by atoms with E-state index in [9.17, 15) is 4.79 Å². The number of carboxylic acids is 1. The number of hydrogen-bond donors (Lipinski definition) is 1. The van der Waals surface area contributed by atoms with Gasteiger partial charge in [0.1, 0.15) is 6.33 Å². The Morgan fingerprint density at radius 3 is 2.91 bits per heavy atom. The second-order valence-electron chi connectivity index (χ2n) is 5.01. The lowest BCUT2D eigenvalue weighted by Gasteiger charge is -2.23. The first-order valence-electron chi connectivity index (χ1n) is 7.09. The Morgan fingerprint density at radius 2 is 2.14 bits per heavy atom. The summed E-state index contributed by atoms with van der Waals surface area (Å²) in [7, 11) is 0. The number of carbonyl (C=O) groups is 1. The number of hydrogen-bond acceptors (Lipinski definition) is 5. The van der Waals surface area contributed by atoms with Gasteiger partial charge >= 0.3 is 5.97 Å². The largest absolute Gasteiger partial charge is 0.477 e. The van der Waals surface area contributed by atoms with Crippen molar-refractivity contribution < 1.29 is 14.6 Å². The molecule has 2 aromatic rings. The van der Waals surface area contributed by atoms with Gasteiger partial charge in [0.2, 0.25) is 0 Å². The summed E-state index contributed by atoms with van der Waals surface area (Å²) in [6.07, 6.45) is 8.55. The molecule has 1 fully saturated rings. The average Bonchev–Trinajstić information content (AvgIpc) is 3.02. The zero-order valence-corrected chi connectivity index (χ0v) is 11.9. The molecule has 0 spiro atoms. The fraction of sp³-hybridized carbons (Fsp3) is 0.333. The maximum absolute atomic E-state index is 10.9. The summed E-state index contributed by atoms with van der Waals surface area (Å²) in [5, 5.41) is 13.3. The molecule has 22 heavy (non-hydrogen) atoms. The SMILES string of the molecule is O=C(O)c1cc(/C=C/c2ccnn2C2CCOCC2)ncn1. The fourth-order valence-electron chi connectivity index (χ4n) is 2.44. The van der Waals surface area contributed by atoms with Crippen LogP contribution in [0.3, 0.4) is 0 Å². The zero-order valence-electron chi connectivity index (χ0n) is 11.9. The third-order valence-electron chi connectivity index (χ3n) is 3.57. The summed E-state index contributed by atoms with van der Waals surface area (Å²) < 4.78 is 7.36. The normalized spacial score (nSPS) is 16.2. The summed E-state index contributed by atoms with van der Waals surface area (Å²) in [5.41, 5.74) is 1.49. The van der Waals surface area contributed by atoms with Gasteiger partial charge in [0.05, 0.1) is 17.4 Å². The third-order valence-corrected chi connectivity index (χ3v) is 3.57. The quantitative estimate of drug-likeness (QED) is 0.927. The number of carboxylic acid groups (broad SMARTS) is 1. The Bertz CT molecular complexity index is 690. The second kappa shape index (κ2) is 6.48. The van der Waals surface area contributed by atoms with E-state index < -0.39 is 5.97 Å². The average molecular weight is 300 g/mol. The molecule has 114 valence electrons. The third kappa shape index (κ3) is 3.20. The Morgan fingerprint density at radius 1 is 1.32 bits per heavy atom. The molecular formula is C15H16N4O3. The highest BCUT2D eigenvalue weighted by Crippen LogP contribution is 2.22. The predicted octanol–water partition coefficient (Wildman–Crippen LogP) is 1.89. The van der Waals surface area contributed by atoms with Crippen LogP contribution in [0.1, 0.15) is 40.8 Å². The van der Waals surface area contributed by atoms with Gasteiger partial charge in [0.15, 0.2) is 5.69 Å². The van der Waals surface area contributed by atoms with Gasteiger partial charge in [-0.1, -0.05) is 0 Å². The highest BCUT2D eigenvalue weighted by molar-refractivity contribution is 5.86. The van der Waals surface area contributed by atoms with Gasteiger partial charge in [0, 0.05) is 19.4 Å². The molecule has 1 N–H and O–H groups in total. The van der Waals surface area contributed by atoms with E-state index >= 15 is 0 Å². The maximum atomic E-state index is 10.9. The van der Waals surface area contributed by atoms with E-state index in [1.165, 1.54) is 12.4 Å². The van der Waals surface area contributed by atoms with E-state index in [1.54, 1.807) is 12.3 Å². The van der Waals surface area contributed by atoms with Gasteiger partial charge in [-0.25, -0.2) is 14.8 Å². The van der Waals surface area contributed by atoms with Crippen LogP contribution in [0.25, 0.3) is 12.2 Å². The van der Waals surface area contributed by atoms with Crippen LogP contribution in [0.4, 0.5) is 0 Å². The van der Waals surface area contributed by atoms with E-state index in [4.69, 9.17) is 9.84 Å². The van der Waals surface area contributed by atoms with E-state index in [2.05, 4.69) is 15.1 Å². The van der Waals surface area contributed by atoms with E-state index in [1.807, 2.05) is 16.8 Å². The van der Waals surface area contributed by atoms with Crippen LogP contribution in [0.2, 0.25) is 0 Å². The van der Waals surface area contributed by atoms with Crippen molar-refractivity contribution in [3.8, 4) is 0 Å². The lowest BCUT2D eigenvalue weighted by molar-refractivity contribution is 0.0660. The minimum atomic E-state index is -1.07. The van der Waals surface area contributed by atoms with Gasteiger partial charge in [-0.3, -0.25) is 4.68 Å². The molecule has 0 unspecified atom stereocenters. The lowest BCUT2D eigenvalue weighted by Crippen LogP contribution is -2.21. The molecule has 2 aromatic heterocycles. The van der Waals surface area contributed by atoms with Crippen LogP contribution < -0.4 is 0 Å². The summed E-state index contributed by atoms with van der Waals surface area (Å²) in [4.78, 5) is 18.7. The monoisotopic (exact) mass is 300 g/mol. The molecule has 1 aliphatic rings. The Kier molecular flexibility index (Phi) is 4.24. The van der Waals surface area contributed by atoms with E-state index in [0.29, 0.717) is 11.7 Å². The van der Waals surface area contributed by atoms with Gasteiger partial charge in [-0.2, -0.15) is 5.10 Å². The van der Waals surface area contributed by atoms with Gasteiger partial charge in [0.25, 0.3) is 0 Å². The molecule has 7 nitrogen and oxygen atoms in total. The number of aromatic nitrogens is 4. The highest BCUT2D eigenvalue weighted by atomic mass is 16.5. The van der Waals surface area contributed by atoms with Crippen molar-refractivity contribution in [3.05, 3.63) is 41.7 Å². The molecule has 7 heteroatoms. The summed E-state index contributed by atoms with van der Waals surface area (Å²) in [5.74, 6) is -1.07.